The lowest BCUT2D eigenvalue weighted by molar-refractivity contribution is 0.436. The van der Waals surface area contributed by atoms with E-state index in [1.54, 1.807) is 24.4 Å². The van der Waals surface area contributed by atoms with Gasteiger partial charge in [0, 0.05) is 22.8 Å². The molecule has 0 aliphatic heterocycles. The first-order chi connectivity index (χ1) is 9.65. The Kier molecular flexibility index (Phi) is 3.04. The van der Waals surface area contributed by atoms with Gasteiger partial charge in [0.05, 0.1) is 5.56 Å². The van der Waals surface area contributed by atoms with E-state index in [4.69, 9.17) is 21.9 Å². The van der Waals surface area contributed by atoms with Gasteiger partial charge in [0.25, 0.3) is 0 Å². The molecule has 0 amide bonds. The quantitative estimate of drug-likeness (QED) is 0.759. The fourth-order valence-corrected chi connectivity index (χ4v) is 2.07. The van der Waals surface area contributed by atoms with E-state index in [1.165, 1.54) is 6.07 Å². The van der Waals surface area contributed by atoms with Crippen LogP contribution < -0.4 is 11.3 Å². The SMILES string of the molecule is Nc1noc(-c2ccc(=O)[nH]c2)c1-c1ccc(Cl)cc1. The molecule has 2 aromatic heterocycles. The predicted molar refractivity (Wildman–Crippen MR) is 77.4 cm³/mol. The summed E-state index contributed by atoms with van der Waals surface area (Å²) < 4.78 is 5.28. The topological polar surface area (TPSA) is 84.9 Å². The first kappa shape index (κ1) is 12.5. The van der Waals surface area contributed by atoms with E-state index in [1.807, 2.05) is 12.1 Å². The Hall–Kier alpha value is -2.53. The van der Waals surface area contributed by atoms with E-state index in [0.29, 0.717) is 21.9 Å². The lowest BCUT2D eigenvalue weighted by Crippen LogP contribution is -2.01. The number of nitrogen functional groups attached to an aromatic ring is 1. The van der Waals surface area contributed by atoms with Gasteiger partial charge in [-0.25, -0.2) is 0 Å². The van der Waals surface area contributed by atoms with Gasteiger partial charge in [-0.1, -0.05) is 28.9 Å². The normalized spacial score (nSPS) is 10.7. The van der Waals surface area contributed by atoms with Crippen LogP contribution in [-0.2, 0) is 0 Å². The summed E-state index contributed by atoms with van der Waals surface area (Å²) in [5, 5.41) is 4.43. The summed E-state index contributed by atoms with van der Waals surface area (Å²) in [4.78, 5) is 13.7. The number of rotatable bonds is 2. The van der Waals surface area contributed by atoms with E-state index in [2.05, 4.69) is 10.1 Å². The molecule has 6 heteroatoms. The minimum Gasteiger partial charge on any atom is -0.380 e. The molecule has 0 unspecified atom stereocenters. The molecule has 0 atom stereocenters. The average molecular weight is 288 g/mol. The van der Waals surface area contributed by atoms with Gasteiger partial charge >= 0.3 is 0 Å². The summed E-state index contributed by atoms with van der Waals surface area (Å²) >= 11 is 5.88. The molecule has 0 saturated heterocycles. The van der Waals surface area contributed by atoms with Crippen molar-refractivity contribution in [3.63, 3.8) is 0 Å². The van der Waals surface area contributed by atoms with Crippen LogP contribution in [0.5, 0.6) is 0 Å². The van der Waals surface area contributed by atoms with Crippen molar-refractivity contribution in [1.29, 1.82) is 0 Å². The van der Waals surface area contributed by atoms with Crippen molar-refractivity contribution in [2.75, 3.05) is 5.73 Å². The molecule has 0 spiro atoms. The van der Waals surface area contributed by atoms with Gasteiger partial charge in [-0.05, 0) is 23.8 Å². The summed E-state index contributed by atoms with van der Waals surface area (Å²) in [6.45, 7) is 0. The zero-order valence-electron chi connectivity index (χ0n) is 10.3. The van der Waals surface area contributed by atoms with Gasteiger partial charge in [-0.15, -0.1) is 0 Å². The van der Waals surface area contributed by atoms with Crippen molar-refractivity contribution < 1.29 is 4.52 Å². The van der Waals surface area contributed by atoms with Crippen molar-refractivity contribution in [3.05, 3.63) is 58.0 Å². The molecule has 100 valence electrons. The van der Waals surface area contributed by atoms with Gasteiger partial charge in [0.15, 0.2) is 11.6 Å². The van der Waals surface area contributed by atoms with Crippen molar-refractivity contribution in [2.24, 2.45) is 0 Å². The Morgan fingerprint density at radius 3 is 2.45 bits per heavy atom. The van der Waals surface area contributed by atoms with Crippen molar-refractivity contribution in [1.82, 2.24) is 10.1 Å². The molecule has 3 N–H and O–H groups in total. The maximum Gasteiger partial charge on any atom is 0.247 e. The lowest BCUT2D eigenvalue weighted by Gasteiger charge is -2.02. The molecule has 0 aliphatic carbocycles. The van der Waals surface area contributed by atoms with Crippen molar-refractivity contribution >= 4 is 17.4 Å². The van der Waals surface area contributed by atoms with Crippen LogP contribution in [0.4, 0.5) is 5.82 Å². The molecule has 0 fully saturated rings. The molecule has 3 rings (SSSR count). The molecule has 2 heterocycles. The van der Waals surface area contributed by atoms with E-state index in [-0.39, 0.29) is 11.4 Å². The second-order valence-corrected chi connectivity index (χ2v) is 4.66. The number of pyridine rings is 1. The highest BCUT2D eigenvalue weighted by atomic mass is 35.5. The number of aromatic amines is 1. The molecule has 5 nitrogen and oxygen atoms in total. The number of halogens is 1. The van der Waals surface area contributed by atoms with Gasteiger partial charge in [-0.3, -0.25) is 4.79 Å². The molecule has 0 bridgehead atoms. The monoisotopic (exact) mass is 287 g/mol. The molecular formula is C14H10ClN3O2. The summed E-state index contributed by atoms with van der Waals surface area (Å²) in [7, 11) is 0. The zero-order chi connectivity index (χ0) is 14.1. The zero-order valence-corrected chi connectivity index (χ0v) is 11.0. The van der Waals surface area contributed by atoms with Gasteiger partial charge in [0.1, 0.15) is 0 Å². The van der Waals surface area contributed by atoms with Gasteiger partial charge in [0.2, 0.25) is 5.56 Å². The highest BCUT2D eigenvalue weighted by molar-refractivity contribution is 6.30. The molecule has 3 aromatic rings. The van der Waals surface area contributed by atoms with Crippen LogP contribution in [0.25, 0.3) is 22.5 Å². The Bertz CT molecular complexity index is 786. The standard InChI is InChI=1S/C14H10ClN3O2/c15-10-4-1-8(2-5-10)12-13(20-18-14(12)16)9-3-6-11(19)17-7-9/h1-7H,(H2,16,18)(H,17,19). The Labute approximate surface area is 119 Å². The average Bonchev–Trinajstić information content (AvgIpc) is 2.83. The van der Waals surface area contributed by atoms with Crippen molar-refractivity contribution in [3.8, 4) is 22.5 Å². The highest BCUT2D eigenvalue weighted by Gasteiger charge is 2.17. The number of aromatic nitrogens is 2. The number of H-pyrrole nitrogens is 1. The third kappa shape index (κ3) is 2.19. The van der Waals surface area contributed by atoms with Gasteiger partial charge < -0.3 is 15.2 Å². The number of nitrogens with one attached hydrogen (secondary N) is 1. The summed E-state index contributed by atoms with van der Waals surface area (Å²) in [6, 6.07) is 10.3. The number of hydrogen-bond donors (Lipinski definition) is 2. The smallest absolute Gasteiger partial charge is 0.247 e. The molecule has 20 heavy (non-hydrogen) atoms. The second kappa shape index (κ2) is 4.86. The number of nitrogens with zero attached hydrogens (tertiary/aromatic N) is 1. The Balaban J connectivity index is 2.16. The van der Waals surface area contributed by atoms with Gasteiger partial charge in [-0.2, -0.15) is 0 Å². The lowest BCUT2D eigenvalue weighted by atomic mass is 10.0. The van der Waals surface area contributed by atoms with E-state index >= 15 is 0 Å². The molecular weight excluding hydrogens is 278 g/mol. The largest absolute Gasteiger partial charge is 0.380 e. The van der Waals surface area contributed by atoms with Crippen molar-refractivity contribution in [2.45, 2.75) is 0 Å². The number of nitrogens with two attached hydrogens (primary N) is 1. The molecule has 0 aliphatic rings. The maximum atomic E-state index is 11.1. The summed E-state index contributed by atoms with van der Waals surface area (Å²) in [5.41, 5.74) is 7.89. The van der Waals surface area contributed by atoms with Crippen LogP contribution in [0.1, 0.15) is 0 Å². The molecule has 1 aromatic carbocycles. The predicted octanol–water partition coefficient (Wildman–Crippen LogP) is 2.93. The molecule has 0 radical (unpaired) electrons. The van der Waals surface area contributed by atoms with Crippen LogP contribution in [0.3, 0.4) is 0 Å². The summed E-state index contributed by atoms with van der Waals surface area (Å²) in [5.74, 6) is 0.787. The van der Waals surface area contributed by atoms with Crippen LogP contribution in [0.2, 0.25) is 5.02 Å². The van der Waals surface area contributed by atoms with Crippen LogP contribution in [0, 0.1) is 0 Å². The number of anilines is 1. The second-order valence-electron chi connectivity index (χ2n) is 4.22. The third-order valence-electron chi connectivity index (χ3n) is 2.90. The Morgan fingerprint density at radius 1 is 1.10 bits per heavy atom. The van der Waals surface area contributed by atoms with Crippen LogP contribution >= 0.6 is 11.6 Å². The first-order valence-electron chi connectivity index (χ1n) is 5.85. The van der Waals surface area contributed by atoms with E-state index < -0.39 is 0 Å². The fraction of sp³-hybridized carbons (Fsp3) is 0. The van der Waals surface area contributed by atoms with E-state index in [0.717, 1.165) is 5.56 Å². The Morgan fingerprint density at radius 2 is 1.80 bits per heavy atom. The van der Waals surface area contributed by atoms with Crippen LogP contribution in [0.15, 0.2) is 51.9 Å². The third-order valence-corrected chi connectivity index (χ3v) is 3.15. The first-order valence-corrected chi connectivity index (χ1v) is 6.23. The van der Waals surface area contributed by atoms with Crippen LogP contribution in [-0.4, -0.2) is 10.1 Å². The maximum absolute atomic E-state index is 11.1. The van der Waals surface area contributed by atoms with E-state index in [9.17, 15) is 4.79 Å². The minimum atomic E-state index is -0.186. The fourth-order valence-electron chi connectivity index (χ4n) is 1.95. The molecule has 0 saturated carbocycles. The highest BCUT2D eigenvalue weighted by Crippen LogP contribution is 2.36. The minimum absolute atomic E-state index is 0.186. The summed E-state index contributed by atoms with van der Waals surface area (Å²) in [6.07, 6.45) is 1.56. The number of benzene rings is 1. The number of hydrogen-bond acceptors (Lipinski definition) is 4.